The first kappa shape index (κ1) is 15.0. The van der Waals surface area contributed by atoms with Crippen LogP contribution in [0.2, 0.25) is 0 Å². The van der Waals surface area contributed by atoms with Crippen LogP contribution in [0.25, 0.3) is 10.2 Å². The summed E-state index contributed by atoms with van der Waals surface area (Å²) in [7, 11) is 1.59. The summed E-state index contributed by atoms with van der Waals surface area (Å²) in [5.74, 6) is 0.493. The van der Waals surface area contributed by atoms with Crippen molar-refractivity contribution in [3.05, 3.63) is 52.0 Å². The molecule has 112 valence electrons. The normalized spacial score (nSPS) is 10.7. The average molecular weight is 377 g/mol. The van der Waals surface area contributed by atoms with Crippen LogP contribution in [0.3, 0.4) is 0 Å². The molecular weight excluding hydrogens is 364 g/mol. The Balaban J connectivity index is 1.86. The van der Waals surface area contributed by atoms with Crippen LogP contribution in [-0.2, 0) is 0 Å². The average Bonchev–Trinajstić information content (AvgIpc) is 2.91. The smallest absolute Gasteiger partial charge is 0.257 e. The Morgan fingerprint density at radius 1 is 1.32 bits per heavy atom. The molecule has 0 bridgehead atoms. The van der Waals surface area contributed by atoms with Crippen molar-refractivity contribution in [1.29, 1.82) is 0 Å². The second kappa shape index (κ2) is 6.06. The van der Waals surface area contributed by atoms with Crippen molar-refractivity contribution in [2.45, 2.75) is 6.92 Å². The SMILES string of the molecule is COc1ccc(C(=O)Nc2nc3c(C)cccc3s2)cc1Br. The van der Waals surface area contributed by atoms with Gasteiger partial charge >= 0.3 is 0 Å². The van der Waals surface area contributed by atoms with E-state index in [1.165, 1.54) is 11.3 Å². The van der Waals surface area contributed by atoms with E-state index >= 15 is 0 Å². The van der Waals surface area contributed by atoms with Gasteiger partial charge < -0.3 is 4.74 Å². The zero-order valence-electron chi connectivity index (χ0n) is 12.0. The molecule has 3 rings (SSSR count). The number of anilines is 1. The first-order chi connectivity index (χ1) is 10.6. The number of aryl methyl sites for hydroxylation is 1. The van der Waals surface area contributed by atoms with E-state index in [9.17, 15) is 4.79 Å². The van der Waals surface area contributed by atoms with Gasteiger partial charge in [0, 0.05) is 5.56 Å². The number of nitrogens with zero attached hydrogens (tertiary/aromatic N) is 1. The quantitative estimate of drug-likeness (QED) is 0.724. The van der Waals surface area contributed by atoms with Crippen LogP contribution in [0.5, 0.6) is 5.75 Å². The highest BCUT2D eigenvalue weighted by Gasteiger charge is 2.12. The van der Waals surface area contributed by atoms with Gasteiger partial charge in [0.05, 0.1) is 21.8 Å². The number of ether oxygens (including phenoxy) is 1. The van der Waals surface area contributed by atoms with E-state index in [0.717, 1.165) is 20.3 Å². The van der Waals surface area contributed by atoms with Crippen molar-refractivity contribution in [1.82, 2.24) is 4.98 Å². The van der Waals surface area contributed by atoms with Gasteiger partial charge in [0.2, 0.25) is 0 Å². The molecule has 0 aliphatic heterocycles. The first-order valence-corrected chi connectivity index (χ1v) is 8.20. The molecule has 4 nitrogen and oxygen atoms in total. The number of carbonyl (C=O) groups excluding carboxylic acids is 1. The summed E-state index contributed by atoms with van der Waals surface area (Å²) in [6.45, 7) is 2.01. The maximum Gasteiger partial charge on any atom is 0.257 e. The summed E-state index contributed by atoms with van der Waals surface area (Å²) >= 11 is 4.85. The van der Waals surface area contributed by atoms with Crippen molar-refractivity contribution in [3.8, 4) is 5.75 Å². The highest BCUT2D eigenvalue weighted by atomic mass is 79.9. The fourth-order valence-electron chi connectivity index (χ4n) is 2.12. The Kier molecular flexibility index (Phi) is 4.13. The van der Waals surface area contributed by atoms with Crippen LogP contribution in [0.1, 0.15) is 15.9 Å². The molecule has 2 aromatic carbocycles. The number of hydrogen-bond donors (Lipinski definition) is 1. The Bertz CT molecular complexity index is 860. The number of halogens is 1. The molecule has 0 spiro atoms. The molecule has 0 radical (unpaired) electrons. The number of para-hydroxylation sites is 1. The van der Waals surface area contributed by atoms with Crippen LogP contribution in [0, 0.1) is 6.92 Å². The lowest BCUT2D eigenvalue weighted by atomic mass is 10.2. The third-order valence-corrected chi connectivity index (χ3v) is 4.81. The minimum absolute atomic E-state index is 0.194. The maximum absolute atomic E-state index is 12.3. The summed E-state index contributed by atoms with van der Waals surface area (Å²) in [6, 6.07) is 11.2. The number of methoxy groups -OCH3 is 1. The molecule has 22 heavy (non-hydrogen) atoms. The summed E-state index contributed by atoms with van der Waals surface area (Å²) in [6.07, 6.45) is 0. The predicted octanol–water partition coefficient (Wildman–Crippen LogP) is 4.63. The molecule has 0 aliphatic carbocycles. The lowest BCUT2D eigenvalue weighted by Crippen LogP contribution is -2.11. The van der Waals surface area contributed by atoms with E-state index in [1.807, 2.05) is 25.1 Å². The summed E-state index contributed by atoms with van der Waals surface area (Å²) < 4.78 is 6.96. The molecule has 0 aliphatic rings. The molecular formula is C16H13BrN2O2S. The van der Waals surface area contributed by atoms with E-state index in [2.05, 4.69) is 26.2 Å². The Hall–Kier alpha value is -1.92. The number of rotatable bonds is 3. The highest BCUT2D eigenvalue weighted by molar-refractivity contribution is 9.10. The van der Waals surface area contributed by atoms with Crippen LogP contribution in [0.4, 0.5) is 5.13 Å². The summed E-state index contributed by atoms with van der Waals surface area (Å²) in [5, 5.41) is 3.44. The number of amides is 1. The zero-order chi connectivity index (χ0) is 15.7. The van der Waals surface area contributed by atoms with Crippen molar-refractivity contribution in [2.75, 3.05) is 12.4 Å². The molecule has 0 saturated carbocycles. The third-order valence-electron chi connectivity index (χ3n) is 3.26. The van der Waals surface area contributed by atoms with Crippen LogP contribution in [-0.4, -0.2) is 18.0 Å². The van der Waals surface area contributed by atoms with E-state index in [-0.39, 0.29) is 5.91 Å². The third kappa shape index (κ3) is 2.84. The number of benzene rings is 2. The lowest BCUT2D eigenvalue weighted by Gasteiger charge is -2.06. The van der Waals surface area contributed by atoms with Gasteiger partial charge in [-0.1, -0.05) is 23.5 Å². The fourth-order valence-corrected chi connectivity index (χ4v) is 3.60. The second-order valence-corrected chi connectivity index (χ2v) is 6.63. The van der Waals surface area contributed by atoms with Gasteiger partial charge in [-0.05, 0) is 52.7 Å². The van der Waals surface area contributed by atoms with Gasteiger partial charge in [0.15, 0.2) is 5.13 Å². The molecule has 0 saturated heterocycles. The molecule has 3 aromatic rings. The van der Waals surface area contributed by atoms with Crippen LogP contribution in [0.15, 0.2) is 40.9 Å². The Morgan fingerprint density at radius 2 is 2.14 bits per heavy atom. The number of aromatic nitrogens is 1. The van der Waals surface area contributed by atoms with Gasteiger partial charge in [0.1, 0.15) is 5.75 Å². The van der Waals surface area contributed by atoms with E-state index in [1.54, 1.807) is 25.3 Å². The molecule has 1 N–H and O–H groups in total. The zero-order valence-corrected chi connectivity index (χ0v) is 14.4. The maximum atomic E-state index is 12.3. The van der Waals surface area contributed by atoms with Crippen molar-refractivity contribution in [3.63, 3.8) is 0 Å². The lowest BCUT2D eigenvalue weighted by molar-refractivity contribution is 0.102. The van der Waals surface area contributed by atoms with E-state index in [4.69, 9.17) is 4.74 Å². The van der Waals surface area contributed by atoms with Crippen molar-refractivity contribution >= 4 is 48.5 Å². The van der Waals surface area contributed by atoms with Gasteiger partial charge in [-0.25, -0.2) is 4.98 Å². The summed E-state index contributed by atoms with van der Waals surface area (Å²) in [4.78, 5) is 16.8. The Morgan fingerprint density at radius 3 is 2.82 bits per heavy atom. The van der Waals surface area contributed by atoms with Gasteiger partial charge in [-0.15, -0.1) is 0 Å². The monoisotopic (exact) mass is 376 g/mol. The first-order valence-electron chi connectivity index (χ1n) is 6.59. The number of thiazole rings is 1. The molecule has 1 aromatic heterocycles. The highest BCUT2D eigenvalue weighted by Crippen LogP contribution is 2.29. The largest absolute Gasteiger partial charge is 0.496 e. The molecule has 1 amide bonds. The standard InChI is InChI=1S/C16H13BrN2O2S/c1-9-4-3-5-13-14(9)18-16(22-13)19-15(20)10-6-7-12(21-2)11(17)8-10/h3-8H,1-2H3,(H,18,19,20). The number of fused-ring (bicyclic) bond motifs is 1. The predicted molar refractivity (Wildman–Crippen MR) is 93.0 cm³/mol. The van der Waals surface area contributed by atoms with Crippen molar-refractivity contribution in [2.24, 2.45) is 0 Å². The van der Waals surface area contributed by atoms with Gasteiger partial charge in [-0.3, -0.25) is 10.1 Å². The van der Waals surface area contributed by atoms with E-state index in [0.29, 0.717) is 16.4 Å². The van der Waals surface area contributed by atoms with Crippen LogP contribution >= 0.6 is 27.3 Å². The van der Waals surface area contributed by atoms with Gasteiger partial charge in [-0.2, -0.15) is 0 Å². The number of carbonyl (C=O) groups is 1. The molecule has 0 fully saturated rings. The minimum Gasteiger partial charge on any atom is -0.496 e. The fraction of sp³-hybridized carbons (Fsp3) is 0.125. The Labute approximate surface area is 140 Å². The van der Waals surface area contributed by atoms with Crippen molar-refractivity contribution < 1.29 is 9.53 Å². The molecule has 0 atom stereocenters. The summed E-state index contributed by atoms with van der Waals surface area (Å²) in [5.41, 5.74) is 2.57. The topological polar surface area (TPSA) is 51.2 Å². The second-order valence-electron chi connectivity index (χ2n) is 4.74. The number of hydrogen-bond acceptors (Lipinski definition) is 4. The number of nitrogens with one attached hydrogen (secondary N) is 1. The molecule has 1 heterocycles. The molecule has 6 heteroatoms. The minimum atomic E-state index is -0.194. The van der Waals surface area contributed by atoms with Gasteiger partial charge in [0.25, 0.3) is 5.91 Å². The van der Waals surface area contributed by atoms with E-state index < -0.39 is 0 Å². The molecule has 0 unspecified atom stereocenters. The van der Waals surface area contributed by atoms with Crippen LogP contribution < -0.4 is 10.1 Å².